The van der Waals surface area contributed by atoms with Gasteiger partial charge in [-0.15, -0.1) is 0 Å². The highest BCUT2D eigenvalue weighted by molar-refractivity contribution is 5.94. The number of aryl methyl sites for hydroxylation is 1. The molecule has 0 amide bonds. The summed E-state index contributed by atoms with van der Waals surface area (Å²) in [6.07, 6.45) is 4.85. The van der Waals surface area contributed by atoms with Crippen LogP contribution in [0.3, 0.4) is 0 Å². The zero-order valence-electron chi connectivity index (χ0n) is 17.3. The molecule has 0 atom stereocenters. The largest absolute Gasteiger partial charge is 0.299 e. The standard InChI is InChI=1S/C24H24N4O2/c1-17-6-5-11-28-22(17)19(14-20(18(2)29)23(28)30)15-27-12-8-24(16-25,9-13-27)21-7-3-4-10-26-21/h3-7,10-11,14H,8-9,12-13,15H2,1-2H3. The predicted octanol–water partition coefficient (Wildman–Crippen LogP) is 3.26. The van der Waals surface area contributed by atoms with E-state index in [1.807, 2.05) is 37.3 Å². The van der Waals surface area contributed by atoms with Gasteiger partial charge in [0.1, 0.15) is 5.41 Å². The fourth-order valence-electron chi connectivity index (χ4n) is 4.41. The third-order valence-electron chi connectivity index (χ3n) is 6.12. The molecule has 4 heterocycles. The molecule has 6 nitrogen and oxygen atoms in total. The van der Waals surface area contributed by atoms with Crippen LogP contribution in [0.25, 0.3) is 5.52 Å². The number of Topliss-reactive ketones (excluding diaryl/α,β-unsaturated/α-hetero) is 1. The SMILES string of the molecule is CC(=O)c1cc(CN2CCC(C#N)(c3ccccn3)CC2)c2c(C)cccn2c1=O. The number of likely N-dealkylation sites (tertiary alicyclic amines) is 1. The first-order chi connectivity index (χ1) is 14.4. The Morgan fingerprint density at radius 3 is 2.63 bits per heavy atom. The number of hydrogen-bond donors (Lipinski definition) is 0. The summed E-state index contributed by atoms with van der Waals surface area (Å²) >= 11 is 0. The molecule has 0 bridgehead atoms. The highest BCUT2D eigenvalue weighted by Crippen LogP contribution is 2.34. The van der Waals surface area contributed by atoms with Crippen molar-refractivity contribution in [2.24, 2.45) is 0 Å². The topological polar surface area (TPSA) is 78.5 Å². The minimum atomic E-state index is -0.562. The molecule has 3 aromatic heterocycles. The number of carbonyl (C=O) groups excluding carboxylic acids is 1. The highest BCUT2D eigenvalue weighted by atomic mass is 16.1. The summed E-state index contributed by atoms with van der Waals surface area (Å²) in [4.78, 5) is 31.5. The third-order valence-corrected chi connectivity index (χ3v) is 6.12. The number of hydrogen-bond acceptors (Lipinski definition) is 5. The highest BCUT2D eigenvalue weighted by Gasteiger charge is 2.37. The average Bonchev–Trinajstić information content (AvgIpc) is 2.77. The van der Waals surface area contributed by atoms with Crippen LogP contribution in [-0.2, 0) is 12.0 Å². The summed E-state index contributed by atoms with van der Waals surface area (Å²) in [5.74, 6) is -0.227. The number of piperidine rings is 1. The van der Waals surface area contributed by atoms with Crippen LogP contribution in [0.4, 0.5) is 0 Å². The number of fused-ring (bicyclic) bond motifs is 1. The Balaban J connectivity index is 1.65. The van der Waals surface area contributed by atoms with Gasteiger partial charge >= 0.3 is 0 Å². The van der Waals surface area contributed by atoms with E-state index in [2.05, 4.69) is 16.0 Å². The normalized spacial score (nSPS) is 16.3. The van der Waals surface area contributed by atoms with Crippen molar-refractivity contribution in [2.75, 3.05) is 13.1 Å². The van der Waals surface area contributed by atoms with Crippen molar-refractivity contribution < 1.29 is 4.79 Å². The molecule has 1 saturated heterocycles. The molecule has 30 heavy (non-hydrogen) atoms. The van der Waals surface area contributed by atoms with Crippen LogP contribution in [0.1, 0.15) is 46.9 Å². The Morgan fingerprint density at radius 1 is 1.23 bits per heavy atom. The summed E-state index contributed by atoms with van der Waals surface area (Å²) < 4.78 is 1.58. The van der Waals surface area contributed by atoms with Gasteiger partial charge in [0.05, 0.1) is 22.8 Å². The second-order valence-corrected chi connectivity index (χ2v) is 8.04. The van der Waals surface area contributed by atoms with Gasteiger partial charge in [-0.1, -0.05) is 12.1 Å². The maximum Gasteiger partial charge on any atom is 0.265 e. The number of aromatic nitrogens is 2. The fourth-order valence-corrected chi connectivity index (χ4v) is 4.41. The molecule has 6 heteroatoms. The molecule has 0 spiro atoms. The summed E-state index contributed by atoms with van der Waals surface area (Å²) in [6, 6.07) is 13.8. The number of nitrogens with zero attached hydrogens (tertiary/aromatic N) is 4. The fraction of sp³-hybridized carbons (Fsp3) is 0.333. The van der Waals surface area contributed by atoms with Gasteiger partial charge in [0, 0.05) is 32.0 Å². The Kier molecular flexibility index (Phi) is 5.23. The van der Waals surface area contributed by atoms with E-state index in [0.29, 0.717) is 19.4 Å². The van der Waals surface area contributed by atoms with E-state index in [4.69, 9.17) is 0 Å². The first-order valence-corrected chi connectivity index (χ1v) is 10.1. The van der Waals surface area contributed by atoms with E-state index < -0.39 is 5.41 Å². The summed E-state index contributed by atoms with van der Waals surface area (Å²) in [6.45, 7) is 5.52. The van der Waals surface area contributed by atoms with Crippen molar-refractivity contribution in [3.05, 3.63) is 81.5 Å². The van der Waals surface area contributed by atoms with Crippen LogP contribution in [0, 0.1) is 18.3 Å². The Morgan fingerprint density at radius 2 is 2.00 bits per heavy atom. The number of pyridine rings is 3. The van der Waals surface area contributed by atoms with Crippen LogP contribution in [0.2, 0.25) is 0 Å². The van der Waals surface area contributed by atoms with Crippen molar-refractivity contribution in [2.45, 2.75) is 38.6 Å². The molecule has 1 aliphatic heterocycles. The lowest BCUT2D eigenvalue weighted by molar-refractivity contribution is 0.101. The van der Waals surface area contributed by atoms with Crippen LogP contribution in [0.5, 0.6) is 0 Å². The predicted molar refractivity (Wildman–Crippen MR) is 114 cm³/mol. The lowest BCUT2D eigenvalue weighted by Crippen LogP contribution is -2.42. The van der Waals surface area contributed by atoms with Gasteiger partial charge in [-0.05, 0) is 62.1 Å². The molecule has 0 unspecified atom stereocenters. The molecule has 0 aliphatic carbocycles. The van der Waals surface area contributed by atoms with E-state index in [1.54, 1.807) is 22.9 Å². The van der Waals surface area contributed by atoms with Gasteiger partial charge in [-0.3, -0.25) is 23.9 Å². The number of nitriles is 1. The molecule has 1 fully saturated rings. The van der Waals surface area contributed by atoms with Gasteiger partial charge in [0.15, 0.2) is 5.78 Å². The average molecular weight is 400 g/mol. The zero-order valence-corrected chi connectivity index (χ0v) is 17.3. The molecule has 1 aliphatic rings. The van der Waals surface area contributed by atoms with E-state index in [9.17, 15) is 14.9 Å². The zero-order chi connectivity index (χ0) is 21.3. The van der Waals surface area contributed by atoms with E-state index in [1.165, 1.54) is 6.92 Å². The van der Waals surface area contributed by atoms with Crippen molar-refractivity contribution in [1.82, 2.24) is 14.3 Å². The van der Waals surface area contributed by atoms with Crippen LogP contribution in [0.15, 0.2) is 53.6 Å². The lowest BCUT2D eigenvalue weighted by atomic mass is 9.76. The van der Waals surface area contributed by atoms with Gasteiger partial charge in [-0.25, -0.2) is 0 Å². The quantitative estimate of drug-likeness (QED) is 0.628. The second-order valence-electron chi connectivity index (χ2n) is 8.04. The van der Waals surface area contributed by atoms with Crippen LogP contribution < -0.4 is 5.56 Å². The molecule has 0 radical (unpaired) electrons. The Bertz CT molecular complexity index is 1200. The summed E-state index contributed by atoms with van der Waals surface area (Å²) in [7, 11) is 0. The van der Waals surface area contributed by atoms with Crippen molar-refractivity contribution in [3.8, 4) is 6.07 Å². The first-order valence-electron chi connectivity index (χ1n) is 10.1. The van der Waals surface area contributed by atoms with Crippen molar-refractivity contribution in [3.63, 3.8) is 0 Å². The minimum absolute atomic E-state index is 0.213. The van der Waals surface area contributed by atoms with E-state index >= 15 is 0 Å². The lowest BCUT2D eigenvalue weighted by Gasteiger charge is -2.37. The van der Waals surface area contributed by atoms with E-state index in [-0.39, 0.29) is 16.9 Å². The Hall–Kier alpha value is -3.30. The molecule has 0 saturated carbocycles. The third kappa shape index (κ3) is 3.42. The van der Waals surface area contributed by atoms with Gasteiger partial charge in [0.2, 0.25) is 0 Å². The van der Waals surface area contributed by atoms with Crippen LogP contribution in [-0.4, -0.2) is 33.2 Å². The monoisotopic (exact) mass is 400 g/mol. The molecule has 0 aromatic carbocycles. The minimum Gasteiger partial charge on any atom is -0.299 e. The molecular weight excluding hydrogens is 376 g/mol. The number of carbonyl (C=O) groups is 1. The molecule has 4 rings (SSSR count). The van der Waals surface area contributed by atoms with Gasteiger partial charge in [0.25, 0.3) is 5.56 Å². The second kappa shape index (κ2) is 7.85. The van der Waals surface area contributed by atoms with Gasteiger partial charge in [-0.2, -0.15) is 5.26 Å². The molecule has 0 N–H and O–H groups in total. The van der Waals surface area contributed by atoms with Crippen LogP contribution >= 0.6 is 0 Å². The summed E-state index contributed by atoms with van der Waals surface area (Å²) in [5, 5.41) is 9.89. The van der Waals surface area contributed by atoms with Gasteiger partial charge < -0.3 is 0 Å². The number of rotatable bonds is 4. The molecule has 3 aromatic rings. The van der Waals surface area contributed by atoms with E-state index in [0.717, 1.165) is 35.4 Å². The molecule has 152 valence electrons. The Labute approximate surface area is 175 Å². The number of ketones is 1. The first kappa shape index (κ1) is 20.0. The summed E-state index contributed by atoms with van der Waals surface area (Å²) in [5.41, 5.74) is 3.02. The molecular formula is C24H24N4O2. The van der Waals surface area contributed by atoms with Crippen molar-refractivity contribution >= 4 is 11.3 Å². The van der Waals surface area contributed by atoms with Crippen molar-refractivity contribution in [1.29, 1.82) is 5.26 Å². The smallest absolute Gasteiger partial charge is 0.265 e. The maximum atomic E-state index is 12.7. The maximum absolute atomic E-state index is 12.7.